The number of amides is 1. The summed E-state index contributed by atoms with van der Waals surface area (Å²) in [6.45, 7) is 2.58. The molecular weight excluding hydrogens is 384 g/mol. The molecule has 0 aliphatic carbocycles. The van der Waals surface area contributed by atoms with Crippen LogP contribution in [-0.4, -0.2) is 17.5 Å². The predicted molar refractivity (Wildman–Crippen MR) is 116 cm³/mol. The molecule has 1 atom stereocenters. The molecule has 0 fully saturated rings. The molecule has 0 unspecified atom stereocenters. The summed E-state index contributed by atoms with van der Waals surface area (Å²) in [7, 11) is 0. The number of rotatable bonds is 5. The van der Waals surface area contributed by atoms with Crippen LogP contribution in [0.1, 0.15) is 34.5 Å². The third-order valence-corrected chi connectivity index (χ3v) is 5.02. The third kappa shape index (κ3) is 4.13. The predicted octanol–water partition coefficient (Wildman–Crippen LogP) is 5.48. The highest BCUT2D eigenvalue weighted by Crippen LogP contribution is 2.33. The van der Waals surface area contributed by atoms with E-state index < -0.39 is 0 Å². The molecule has 1 amide bonds. The zero-order valence-electron chi connectivity index (χ0n) is 16.0. The van der Waals surface area contributed by atoms with E-state index in [1.165, 1.54) is 0 Å². The van der Waals surface area contributed by atoms with Gasteiger partial charge in [0.25, 0.3) is 5.91 Å². The smallest absolute Gasteiger partial charge is 0.273 e. The van der Waals surface area contributed by atoms with Crippen molar-refractivity contribution < 1.29 is 9.53 Å². The van der Waals surface area contributed by atoms with Gasteiger partial charge in [-0.1, -0.05) is 41.9 Å². The number of hydrogen-bond donors (Lipinski definition) is 1. The Hall–Kier alpha value is -3.24. The zero-order valence-corrected chi connectivity index (χ0v) is 16.8. The highest BCUT2D eigenvalue weighted by Gasteiger charge is 2.31. The van der Waals surface area contributed by atoms with Gasteiger partial charge in [0.05, 0.1) is 18.3 Å². The van der Waals surface area contributed by atoms with Crippen molar-refractivity contribution in [1.29, 1.82) is 0 Å². The molecule has 0 aromatic heterocycles. The van der Waals surface area contributed by atoms with Crippen LogP contribution in [0.2, 0.25) is 5.02 Å². The number of hydrazine groups is 1. The highest BCUT2D eigenvalue weighted by atomic mass is 35.5. The quantitative estimate of drug-likeness (QED) is 0.612. The fraction of sp³-hybridized carbons (Fsp3) is 0.125. The van der Waals surface area contributed by atoms with Crippen molar-refractivity contribution in [1.82, 2.24) is 10.4 Å². The fourth-order valence-corrected chi connectivity index (χ4v) is 3.46. The molecule has 4 rings (SSSR count). The SMILES string of the molecule is CCOc1ccc(C2=C[C@H](c3ccccc3)N(C(=O)c3ccc(Cl)cc3)N2)cc1. The Balaban J connectivity index is 1.66. The number of nitrogens with zero attached hydrogens (tertiary/aromatic N) is 1. The number of benzene rings is 3. The Kier molecular flexibility index (Phi) is 5.54. The maximum absolute atomic E-state index is 13.2. The van der Waals surface area contributed by atoms with Crippen LogP contribution in [0.3, 0.4) is 0 Å². The molecule has 3 aromatic rings. The minimum atomic E-state index is -0.221. The summed E-state index contributed by atoms with van der Waals surface area (Å²) in [5.41, 5.74) is 6.76. The lowest BCUT2D eigenvalue weighted by atomic mass is 10.0. The first kappa shape index (κ1) is 19.1. The van der Waals surface area contributed by atoms with Crippen molar-refractivity contribution >= 4 is 23.2 Å². The van der Waals surface area contributed by atoms with E-state index in [9.17, 15) is 4.79 Å². The van der Waals surface area contributed by atoms with Crippen molar-refractivity contribution in [3.63, 3.8) is 0 Å². The summed E-state index contributed by atoms with van der Waals surface area (Å²) in [6, 6.07) is 24.5. The second-order valence-corrected chi connectivity index (χ2v) is 7.12. The van der Waals surface area contributed by atoms with Gasteiger partial charge in [-0.15, -0.1) is 0 Å². The molecule has 0 spiro atoms. The molecule has 1 heterocycles. The van der Waals surface area contributed by atoms with Crippen LogP contribution in [0, 0.1) is 0 Å². The van der Waals surface area contributed by atoms with Gasteiger partial charge in [-0.3, -0.25) is 10.2 Å². The van der Waals surface area contributed by atoms with Gasteiger partial charge in [-0.05, 0) is 72.7 Å². The van der Waals surface area contributed by atoms with Gasteiger partial charge >= 0.3 is 0 Å². The Labute approximate surface area is 175 Å². The van der Waals surface area contributed by atoms with Crippen LogP contribution < -0.4 is 10.2 Å². The first-order valence-corrected chi connectivity index (χ1v) is 9.89. The van der Waals surface area contributed by atoms with E-state index in [4.69, 9.17) is 16.3 Å². The molecule has 1 aliphatic rings. The Morgan fingerprint density at radius 1 is 1.00 bits per heavy atom. The fourth-order valence-electron chi connectivity index (χ4n) is 3.33. The van der Waals surface area contributed by atoms with Crippen molar-refractivity contribution in [2.24, 2.45) is 0 Å². The van der Waals surface area contributed by atoms with E-state index in [1.54, 1.807) is 29.3 Å². The minimum Gasteiger partial charge on any atom is -0.494 e. The molecule has 146 valence electrons. The number of halogens is 1. The van der Waals surface area contributed by atoms with Gasteiger partial charge in [0.15, 0.2) is 0 Å². The summed E-state index contributed by atoms with van der Waals surface area (Å²) >= 11 is 5.98. The average molecular weight is 405 g/mol. The van der Waals surface area contributed by atoms with Crippen molar-refractivity contribution in [2.75, 3.05) is 6.61 Å². The zero-order chi connectivity index (χ0) is 20.2. The Bertz CT molecular complexity index is 1020. The molecule has 1 aliphatic heterocycles. The van der Waals surface area contributed by atoms with Gasteiger partial charge in [-0.25, -0.2) is 5.01 Å². The summed E-state index contributed by atoms with van der Waals surface area (Å²) in [5, 5.41) is 2.26. The summed E-state index contributed by atoms with van der Waals surface area (Å²) < 4.78 is 5.53. The van der Waals surface area contributed by atoms with Crippen LogP contribution in [0.15, 0.2) is 84.9 Å². The van der Waals surface area contributed by atoms with Crippen LogP contribution >= 0.6 is 11.6 Å². The van der Waals surface area contributed by atoms with Crippen LogP contribution in [0.5, 0.6) is 5.75 Å². The van der Waals surface area contributed by atoms with E-state index in [0.29, 0.717) is 17.2 Å². The minimum absolute atomic E-state index is 0.118. The maximum atomic E-state index is 13.2. The first-order chi connectivity index (χ1) is 14.2. The standard InChI is InChI=1S/C24H21ClN2O2/c1-2-29-21-14-10-17(11-15-21)22-16-23(18-6-4-3-5-7-18)27(26-22)24(28)19-8-12-20(25)13-9-19/h3-16,23,26H,2H2,1H3/t23-/m1/s1. The number of ether oxygens (including phenoxy) is 1. The molecule has 0 bridgehead atoms. The van der Waals surface area contributed by atoms with E-state index in [-0.39, 0.29) is 11.9 Å². The molecule has 0 radical (unpaired) electrons. The number of nitrogens with one attached hydrogen (secondary N) is 1. The lowest BCUT2D eigenvalue weighted by Crippen LogP contribution is -2.39. The molecule has 4 nitrogen and oxygen atoms in total. The Morgan fingerprint density at radius 3 is 2.34 bits per heavy atom. The van der Waals surface area contributed by atoms with Gasteiger partial charge in [0.1, 0.15) is 5.75 Å². The molecule has 1 N–H and O–H groups in total. The van der Waals surface area contributed by atoms with Crippen LogP contribution in [-0.2, 0) is 0 Å². The van der Waals surface area contributed by atoms with Crippen molar-refractivity contribution in [2.45, 2.75) is 13.0 Å². The molecule has 0 saturated carbocycles. The highest BCUT2D eigenvalue weighted by molar-refractivity contribution is 6.30. The first-order valence-electron chi connectivity index (χ1n) is 9.51. The molecule has 3 aromatic carbocycles. The second-order valence-electron chi connectivity index (χ2n) is 6.69. The monoisotopic (exact) mass is 404 g/mol. The lowest BCUT2D eigenvalue weighted by molar-refractivity contribution is 0.0672. The van der Waals surface area contributed by atoms with E-state index in [2.05, 4.69) is 11.5 Å². The van der Waals surface area contributed by atoms with E-state index in [0.717, 1.165) is 22.6 Å². The summed E-state index contributed by atoms with van der Waals surface area (Å²) in [6.07, 6.45) is 2.07. The van der Waals surface area contributed by atoms with Gasteiger partial charge < -0.3 is 4.74 Å². The maximum Gasteiger partial charge on any atom is 0.273 e. The second kappa shape index (κ2) is 8.41. The molecule has 5 heteroatoms. The lowest BCUT2D eigenvalue weighted by Gasteiger charge is -2.25. The van der Waals surface area contributed by atoms with Gasteiger partial charge in [-0.2, -0.15) is 0 Å². The summed E-state index contributed by atoms with van der Waals surface area (Å²) in [5.74, 6) is 0.705. The number of carbonyl (C=O) groups excluding carboxylic acids is 1. The summed E-state index contributed by atoms with van der Waals surface area (Å²) in [4.78, 5) is 13.2. The molecule has 29 heavy (non-hydrogen) atoms. The third-order valence-electron chi connectivity index (χ3n) is 4.77. The van der Waals surface area contributed by atoms with Crippen LogP contribution in [0.25, 0.3) is 5.70 Å². The largest absolute Gasteiger partial charge is 0.494 e. The van der Waals surface area contributed by atoms with Gasteiger partial charge in [0.2, 0.25) is 0 Å². The topological polar surface area (TPSA) is 41.6 Å². The molecular formula is C24H21ClN2O2. The van der Waals surface area contributed by atoms with Gasteiger partial charge in [0, 0.05) is 10.6 Å². The average Bonchev–Trinajstić information content (AvgIpc) is 3.21. The van der Waals surface area contributed by atoms with Crippen LogP contribution in [0.4, 0.5) is 0 Å². The normalized spacial score (nSPS) is 15.6. The number of carbonyl (C=O) groups is 1. The van der Waals surface area contributed by atoms with Crippen molar-refractivity contribution in [3.05, 3.63) is 107 Å². The molecule has 0 saturated heterocycles. The van der Waals surface area contributed by atoms with E-state index >= 15 is 0 Å². The van der Waals surface area contributed by atoms with E-state index in [1.807, 2.05) is 61.5 Å². The van der Waals surface area contributed by atoms with Crippen molar-refractivity contribution in [3.8, 4) is 5.75 Å². The number of hydrogen-bond acceptors (Lipinski definition) is 3. The Morgan fingerprint density at radius 2 is 1.69 bits per heavy atom.